The number of hydrogen-bond acceptors (Lipinski definition) is 1. The fraction of sp³-hybridized carbons (Fsp3) is 0.231. The number of benzene rings is 2. The van der Waals surface area contributed by atoms with Crippen LogP contribution in [0.15, 0.2) is 73.0 Å². The summed E-state index contributed by atoms with van der Waals surface area (Å²) < 4.78 is 0. The van der Waals surface area contributed by atoms with Crippen LogP contribution in [0.3, 0.4) is 0 Å². The monoisotopic (exact) mass is 355 g/mol. The van der Waals surface area contributed by atoms with Crippen molar-refractivity contribution in [2.45, 2.75) is 41.0 Å². The van der Waals surface area contributed by atoms with Gasteiger partial charge in [-0.15, -0.1) is 0 Å². The van der Waals surface area contributed by atoms with E-state index in [2.05, 4.69) is 101 Å². The Morgan fingerprint density at radius 2 is 1.70 bits per heavy atom. The van der Waals surface area contributed by atoms with Gasteiger partial charge in [0.25, 0.3) is 0 Å². The number of fused-ring (bicyclic) bond motifs is 1. The molecule has 0 unspecified atom stereocenters. The van der Waals surface area contributed by atoms with Gasteiger partial charge < -0.3 is 4.90 Å². The van der Waals surface area contributed by atoms with Crippen LogP contribution in [0, 0.1) is 20.8 Å². The van der Waals surface area contributed by atoms with E-state index in [-0.39, 0.29) is 0 Å². The lowest BCUT2D eigenvalue weighted by Gasteiger charge is -2.38. The van der Waals surface area contributed by atoms with Gasteiger partial charge in [0.2, 0.25) is 0 Å². The van der Waals surface area contributed by atoms with Crippen LogP contribution in [0.1, 0.15) is 48.1 Å². The average molecular weight is 356 g/mol. The van der Waals surface area contributed by atoms with Crippen molar-refractivity contribution in [3.63, 3.8) is 0 Å². The van der Waals surface area contributed by atoms with E-state index < -0.39 is 0 Å². The van der Waals surface area contributed by atoms with E-state index in [0.717, 1.165) is 17.7 Å². The third-order valence-electron chi connectivity index (χ3n) is 5.29. The van der Waals surface area contributed by atoms with Gasteiger partial charge in [-0.25, -0.2) is 0 Å². The second-order valence-corrected chi connectivity index (χ2v) is 7.25. The number of hydrogen-bond donors (Lipinski definition) is 0. The Balaban J connectivity index is 2.32. The van der Waals surface area contributed by atoms with Crippen molar-refractivity contribution in [3.05, 3.63) is 101 Å². The van der Waals surface area contributed by atoms with Gasteiger partial charge in [-0.3, -0.25) is 0 Å². The van der Waals surface area contributed by atoms with Gasteiger partial charge in [-0.2, -0.15) is 0 Å². The highest BCUT2D eigenvalue weighted by Gasteiger charge is 2.30. The minimum absolute atomic E-state index is 0.946. The van der Waals surface area contributed by atoms with Crippen molar-refractivity contribution in [2.75, 3.05) is 4.90 Å². The van der Waals surface area contributed by atoms with E-state index in [1.165, 1.54) is 44.8 Å². The van der Waals surface area contributed by atoms with Gasteiger partial charge >= 0.3 is 0 Å². The molecule has 1 heteroatoms. The van der Waals surface area contributed by atoms with E-state index in [0.29, 0.717) is 0 Å². The van der Waals surface area contributed by atoms with Crippen LogP contribution < -0.4 is 4.90 Å². The second kappa shape index (κ2) is 7.44. The molecule has 3 rings (SSSR count). The molecule has 0 radical (unpaired) electrons. The maximum absolute atomic E-state index is 4.43. The SMILES string of the molecule is C=C1C(=C)N(C(=CCC)c2c(C)cccc2C)c2ccc(C)cc2C1=CC. The van der Waals surface area contributed by atoms with E-state index in [1.54, 1.807) is 0 Å². The summed E-state index contributed by atoms with van der Waals surface area (Å²) in [5.74, 6) is 0. The third-order valence-corrected chi connectivity index (χ3v) is 5.29. The molecular weight excluding hydrogens is 326 g/mol. The lowest BCUT2D eigenvalue weighted by molar-refractivity contribution is 1.12. The predicted octanol–water partition coefficient (Wildman–Crippen LogP) is 7.36. The largest absolute Gasteiger partial charge is 0.310 e. The maximum Gasteiger partial charge on any atom is 0.0540 e. The first-order chi connectivity index (χ1) is 12.9. The first-order valence-corrected chi connectivity index (χ1v) is 9.63. The van der Waals surface area contributed by atoms with E-state index >= 15 is 0 Å². The summed E-state index contributed by atoms with van der Waals surface area (Å²) >= 11 is 0. The summed E-state index contributed by atoms with van der Waals surface area (Å²) in [5.41, 5.74) is 11.8. The number of allylic oxidation sites excluding steroid dienone is 3. The zero-order valence-electron chi connectivity index (χ0n) is 17.2. The van der Waals surface area contributed by atoms with Gasteiger partial charge in [0.1, 0.15) is 0 Å². The number of rotatable bonds is 3. The third kappa shape index (κ3) is 3.19. The second-order valence-electron chi connectivity index (χ2n) is 7.25. The highest BCUT2D eigenvalue weighted by atomic mass is 15.2. The van der Waals surface area contributed by atoms with Crippen molar-refractivity contribution in [1.29, 1.82) is 0 Å². The topological polar surface area (TPSA) is 3.24 Å². The Kier molecular flexibility index (Phi) is 5.23. The first kappa shape index (κ1) is 19.0. The van der Waals surface area contributed by atoms with Crippen molar-refractivity contribution in [1.82, 2.24) is 0 Å². The summed E-state index contributed by atoms with van der Waals surface area (Å²) in [6.07, 6.45) is 5.40. The standard InChI is InChI=1S/C26H29N/c1-8-11-25(26-18(4)12-10-13-19(26)5)27-21(7)20(6)22(9-2)23-16-17(3)14-15-24(23)27/h9-16H,6-8H2,1-5H3. The molecule has 1 heterocycles. The molecule has 0 aliphatic carbocycles. The summed E-state index contributed by atoms with van der Waals surface area (Å²) in [6, 6.07) is 13.1. The molecule has 2 aromatic rings. The average Bonchev–Trinajstić information content (AvgIpc) is 2.63. The van der Waals surface area contributed by atoms with Crippen LogP contribution in [-0.4, -0.2) is 0 Å². The molecular formula is C26H29N. The Bertz CT molecular complexity index is 965. The highest BCUT2D eigenvalue weighted by Crippen LogP contribution is 2.46. The summed E-state index contributed by atoms with van der Waals surface area (Å²) in [5, 5.41) is 0. The van der Waals surface area contributed by atoms with Crippen LogP contribution in [0.5, 0.6) is 0 Å². The highest BCUT2D eigenvalue weighted by molar-refractivity contribution is 6.01. The molecule has 0 aromatic heterocycles. The fourth-order valence-electron chi connectivity index (χ4n) is 3.98. The molecule has 27 heavy (non-hydrogen) atoms. The van der Waals surface area contributed by atoms with E-state index in [1.807, 2.05) is 0 Å². The molecule has 0 fully saturated rings. The molecule has 0 saturated heterocycles. The zero-order valence-corrected chi connectivity index (χ0v) is 17.2. The van der Waals surface area contributed by atoms with Gasteiger partial charge in [0.05, 0.1) is 5.69 Å². The molecule has 0 saturated carbocycles. The summed E-state index contributed by atoms with van der Waals surface area (Å²) in [6.45, 7) is 19.6. The van der Waals surface area contributed by atoms with Crippen LogP contribution in [0.2, 0.25) is 0 Å². The van der Waals surface area contributed by atoms with Gasteiger partial charge in [-0.1, -0.05) is 62.1 Å². The van der Waals surface area contributed by atoms with Gasteiger partial charge in [-0.05, 0) is 68.5 Å². The maximum atomic E-state index is 4.43. The van der Waals surface area contributed by atoms with Gasteiger partial charge in [0, 0.05) is 22.5 Å². The van der Waals surface area contributed by atoms with Crippen LogP contribution in [-0.2, 0) is 0 Å². The first-order valence-electron chi connectivity index (χ1n) is 9.63. The van der Waals surface area contributed by atoms with E-state index in [9.17, 15) is 0 Å². The minimum atomic E-state index is 0.946. The Morgan fingerprint density at radius 1 is 1.04 bits per heavy atom. The van der Waals surface area contributed by atoms with Crippen molar-refractivity contribution in [3.8, 4) is 0 Å². The fourth-order valence-corrected chi connectivity index (χ4v) is 3.98. The summed E-state index contributed by atoms with van der Waals surface area (Å²) in [4.78, 5) is 2.29. The molecule has 0 N–H and O–H groups in total. The lowest BCUT2D eigenvalue weighted by atomic mass is 9.87. The molecule has 0 spiro atoms. The van der Waals surface area contributed by atoms with Gasteiger partial charge in [0.15, 0.2) is 0 Å². The molecule has 1 aliphatic heterocycles. The van der Waals surface area contributed by atoms with Crippen molar-refractivity contribution in [2.24, 2.45) is 0 Å². The zero-order chi connectivity index (χ0) is 19.7. The minimum Gasteiger partial charge on any atom is -0.310 e. The predicted molar refractivity (Wildman–Crippen MR) is 120 cm³/mol. The Morgan fingerprint density at radius 3 is 2.30 bits per heavy atom. The normalized spacial score (nSPS) is 16.1. The smallest absolute Gasteiger partial charge is 0.0540 e. The van der Waals surface area contributed by atoms with Crippen LogP contribution in [0.4, 0.5) is 5.69 Å². The number of aryl methyl sites for hydroxylation is 3. The molecule has 2 aromatic carbocycles. The van der Waals surface area contributed by atoms with Crippen molar-refractivity contribution >= 4 is 17.0 Å². The lowest BCUT2D eigenvalue weighted by Crippen LogP contribution is -2.27. The quantitative estimate of drug-likeness (QED) is 0.556. The van der Waals surface area contributed by atoms with Crippen LogP contribution in [0.25, 0.3) is 11.3 Å². The Hall–Kier alpha value is -2.80. The molecule has 0 amide bonds. The molecule has 0 atom stereocenters. The number of anilines is 1. The molecule has 138 valence electrons. The molecule has 1 nitrogen and oxygen atoms in total. The van der Waals surface area contributed by atoms with E-state index in [4.69, 9.17) is 0 Å². The van der Waals surface area contributed by atoms with Crippen molar-refractivity contribution < 1.29 is 0 Å². The molecule has 1 aliphatic rings. The summed E-state index contributed by atoms with van der Waals surface area (Å²) in [7, 11) is 0. The number of nitrogens with zero attached hydrogens (tertiary/aromatic N) is 1. The molecule has 0 bridgehead atoms. The van der Waals surface area contributed by atoms with Crippen LogP contribution >= 0.6 is 0 Å². The Labute approximate surface area is 164 Å².